The van der Waals surface area contributed by atoms with Crippen molar-refractivity contribution < 1.29 is 14.3 Å². The molecular weight excluding hydrogens is 348 g/mol. The van der Waals surface area contributed by atoms with Gasteiger partial charge in [-0.3, -0.25) is 10.1 Å². The highest BCUT2D eigenvalue weighted by molar-refractivity contribution is 8.01. The predicted octanol–water partition coefficient (Wildman–Crippen LogP) is 2.66. The second-order valence-corrected chi connectivity index (χ2v) is 7.38. The van der Waals surface area contributed by atoms with Gasteiger partial charge in [-0.15, -0.1) is 10.2 Å². The van der Waals surface area contributed by atoms with E-state index in [0.29, 0.717) is 9.47 Å². The summed E-state index contributed by atoms with van der Waals surface area (Å²) in [5.41, 5.74) is 0.944. The number of benzene rings is 1. The maximum atomic E-state index is 11.7. The van der Waals surface area contributed by atoms with E-state index in [4.69, 9.17) is 4.74 Å². The molecule has 0 unspecified atom stereocenters. The van der Waals surface area contributed by atoms with E-state index in [1.165, 1.54) is 23.1 Å². The fourth-order valence-electron chi connectivity index (χ4n) is 1.77. The molecule has 1 aliphatic carbocycles. The highest BCUT2D eigenvalue weighted by Gasteiger charge is 2.23. The van der Waals surface area contributed by atoms with Crippen LogP contribution in [-0.2, 0) is 16.1 Å². The maximum absolute atomic E-state index is 11.7. The lowest BCUT2D eigenvalue weighted by Crippen LogP contribution is -2.30. The third-order valence-corrected chi connectivity index (χ3v) is 5.04. The number of ether oxygens (including phenoxy) is 1. The lowest BCUT2D eigenvalue weighted by molar-refractivity contribution is -0.141. The lowest BCUT2D eigenvalue weighted by Gasteiger charge is -2.03. The van der Waals surface area contributed by atoms with Gasteiger partial charge in [0.05, 0.1) is 5.75 Å². The summed E-state index contributed by atoms with van der Waals surface area (Å²) in [5, 5.41) is 13.7. The predicted molar refractivity (Wildman–Crippen MR) is 92.0 cm³/mol. The number of nitrogens with one attached hydrogen (secondary N) is 2. The van der Waals surface area contributed by atoms with Gasteiger partial charge in [0, 0.05) is 6.04 Å². The van der Waals surface area contributed by atoms with Crippen molar-refractivity contribution in [2.45, 2.75) is 29.8 Å². The smallest absolute Gasteiger partial charge is 0.321 e. The number of hydrogen-bond acceptors (Lipinski definition) is 7. The monoisotopic (exact) mass is 364 g/mol. The van der Waals surface area contributed by atoms with Crippen molar-refractivity contribution in [1.82, 2.24) is 15.5 Å². The Balaban J connectivity index is 1.38. The molecule has 7 nitrogen and oxygen atoms in total. The normalized spacial score (nSPS) is 13.3. The Bertz CT molecular complexity index is 704. The molecule has 3 rings (SSSR count). The van der Waals surface area contributed by atoms with E-state index in [1.54, 1.807) is 0 Å². The Morgan fingerprint density at radius 2 is 2.04 bits per heavy atom. The Hall–Kier alpha value is -2.13. The first-order chi connectivity index (χ1) is 11.7. The maximum Gasteiger partial charge on any atom is 0.321 e. The third-order valence-electron chi connectivity index (χ3n) is 3.10. The van der Waals surface area contributed by atoms with E-state index in [0.717, 1.165) is 18.4 Å². The van der Waals surface area contributed by atoms with Gasteiger partial charge in [-0.25, -0.2) is 4.79 Å². The van der Waals surface area contributed by atoms with Crippen LogP contribution in [-0.4, -0.2) is 34.0 Å². The SMILES string of the molecule is O=C(Nc1nnc(SCC(=O)OCc2ccccc2)s1)NC1CC1. The number of rotatable bonds is 7. The van der Waals surface area contributed by atoms with E-state index < -0.39 is 0 Å². The van der Waals surface area contributed by atoms with E-state index in [1.807, 2.05) is 30.3 Å². The molecule has 0 bridgehead atoms. The van der Waals surface area contributed by atoms with E-state index >= 15 is 0 Å². The lowest BCUT2D eigenvalue weighted by atomic mass is 10.2. The number of aromatic nitrogens is 2. The first-order valence-corrected chi connectivity index (χ1v) is 9.22. The average Bonchev–Trinajstić information content (AvgIpc) is 3.28. The molecule has 2 amide bonds. The number of carbonyl (C=O) groups excluding carboxylic acids is 2. The Morgan fingerprint density at radius 3 is 2.79 bits per heavy atom. The molecule has 1 heterocycles. The van der Waals surface area contributed by atoms with Crippen molar-refractivity contribution in [2.24, 2.45) is 0 Å². The molecule has 1 aliphatic rings. The van der Waals surface area contributed by atoms with Gasteiger partial charge in [0.15, 0.2) is 4.34 Å². The van der Waals surface area contributed by atoms with Crippen molar-refractivity contribution >= 4 is 40.2 Å². The van der Waals surface area contributed by atoms with E-state index in [-0.39, 0.29) is 30.4 Å². The minimum atomic E-state index is -0.319. The number of amides is 2. The fraction of sp³-hybridized carbons (Fsp3) is 0.333. The third kappa shape index (κ3) is 5.50. The number of nitrogens with zero attached hydrogens (tertiary/aromatic N) is 2. The summed E-state index contributed by atoms with van der Waals surface area (Å²) >= 11 is 2.46. The van der Waals surface area contributed by atoms with Gasteiger partial charge in [-0.2, -0.15) is 0 Å². The van der Waals surface area contributed by atoms with Crippen LogP contribution in [0, 0.1) is 0 Å². The van der Waals surface area contributed by atoms with Gasteiger partial charge in [-0.05, 0) is 18.4 Å². The molecule has 0 aliphatic heterocycles. The number of carbonyl (C=O) groups is 2. The molecule has 1 aromatic heterocycles. The van der Waals surface area contributed by atoms with Crippen LogP contribution in [0.5, 0.6) is 0 Å². The van der Waals surface area contributed by atoms with Gasteiger partial charge in [0.25, 0.3) is 0 Å². The Labute approximate surface area is 147 Å². The highest BCUT2D eigenvalue weighted by atomic mass is 32.2. The number of anilines is 1. The second-order valence-electron chi connectivity index (χ2n) is 5.18. The van der Waals surface area contributed by atoms with Crippen LogP contribution < -0.4 is 10.6 Å². The van der Waals surface area contributed by atoms with Crippen molar-refractivity contribution in [3.05, 3.63) is 35.9 Å². The van der Waals surface area contributed by atoms with Gasteiger partial charge in [0.1, 0.15) is 6.61 Å². The number of urea groups is 1. The largest absolute Gasteiger partial charge is 0.460 e. The first-order valence-electron chi connectivity index (χ1n) is 7.42. The molecule has 2 aromatic rings. The number of esters is 1. The highest BCUT2D eigenvalue weighted by Crippen LogP contribution is 2.26. The quantitative estimate of drug-likeness (QED) is 0.446. The zero-order valence-corrected chi connectivity index (χ0v) is 14.4. The van der Waals surface area contributed by atoms with Crippen LogP contribution >= 0.6 is 23.1 Å². The van der Waals surface area contributed by atoms with Crippen molar-refractivity contribution in [3.63, 3.8) is 0 Å². The van der Waals surface area contributed by atoms with Gasteiger partial charge in [-0.1, -0.05) is 53.4 Å². The minimum Gasteiger partial charge on any atom is -0.460 e. The second kappa shape index (κ2) is 8.11. The van der Waals surface area contributed by atoms with E-state index in [9.17, 15) is 9.59 Å². The minimum absolute atomic E-state index is 0.149. The summed E-state index contributed by atoms with van der Waals surface area (Å²) in [7, 11) is 0. The molecule has 1 fully saturated rings. The fourth-order valence-corrected chi connectivity index (χ4v) is 3.31. The van der Waals surface area contributed by atoms with Crippen LogP contribution in [0.25, 0.3) is 0 Å². The molecule has 1 saturated carbocycles. The molecule has 24 heavy (non-hydrogen) atoms. The van der Waals surface area contributed by atoms with Gasteiger partial charge >= 0.3 is 12.0 Å². The molecule has 0 saturated heterocycles. The molecule has 1 aromatic carbocycles. The average molecular weight is 364 g/mol. The molecule has 0 radical (unpaired) electrons. The summed E-state index contributed by atoms with van der Waals surface area (Å²) in [6, 6.07) is 9.51. The zero-order chi connectivity index (χ0) is 16.8. The molecule has 9 heteroatoms. The number of thioether (sulfide) groups is 1. The molecule has 126 valence electrons. The molecule has 0 spiro atoms. The summed E-state index contributed by atoms with van der Waals surface area (Å²) in [5.74, 6) is -0.171. The standard InChI is InChI=1S/C15H16N4O3S2/c20-12(22-8-10-4-2-1-3-5-10)9-23-15-19-18-14(24-15)17-13(21)16-11-6-7-11/h1-5,11H,6-9H2,(H2,16,17,18,21). The van der Waals surface area contributed by atoms with Crippen LogP contribution in [0.4, 0.5) is 9.93 Å². The topological polar surface area (TPSA) is 93.2 Å². The Morgan fingerprint density at radius 1 is 1.25 bits per heavy atom. The number of hydrogen-bond donors (Lipinski definition) is 2. The zero-order valence-electron chi connectivity index (χ0n) is 12.7. The van der Waals surface area contributed by atoms with Gasteiger partial charge in [0.2, 0.25) is 5.13 Å². The van der Waals surface area contributed by atoms with Crippen molar-refractivity contribution in [3.8, 4) is 0 Å². The van der Waals surface area contributed by atoms with Crippen LogP contribution in [0.15, 0.2) is 34.7 Å². The summed E-state index contributed by atoms with van der Waals surface area (Å²) in [6.45, 7) is 0.254. The molecule has 2 N–H and O–H groups in total. The molecular formula is C15H16N4O3S2. The van der Waals surface area contributed by atoms with Gasteiger partial charge < -0.3 is 10.1 Å². The van der Waals surface area contributed by atoms with Crippen LogP contribution in [0.3, 0.4) is 0 Å². The van der Waals surface area contributed by atoms with Crippen molar-refractivity contribution in [1.29, 1.82) is 0 Å². The van der Waals surface area contributed by atoms with Crippen LogP contribution in [0.1, 0.15) is 18.4 Å². The summed E-state index contributed by atoms with van der Waals surface area (Å²) < 4.78 is 5.79. The van der Waals surface area contributed by atoms with Crippen LogP contribution in [0.2, 0.25) is 0 Å². The first kappa shape index (κ1) is 16.7. The van der Waals surface area contributed by atoms with Crippen molar-refractivity contribution in [2.75, 3.05) is 11.1 Å². The molecule has 0 atom stereocenters. The summed E-state index contributed by atoms with van der Waals surface area (Å²) in [4.78, 5) is 23.3. The van der Waals surface area contributed by atoms with E-state index in [2.05, 4.69) is 20.8 Å². The Kier molecular flexibility index (Phi) is 5.65. The summed E-state index contributed by atoms with van der Waals surface area (Å²) in [6.07, 6.45) is 2.05.